The van der Waals surface area contributed by atoms with Crippen LogP contribution in [0, 0.1) is 28.6 Å². The fourth-order valence-electron chi connectivity index (χ4n) is 4.72. The zero-order chi connectivity index (χ0) is 23.1. The molecular formula is C27H24BN3O2. The second-order valence-corrected chi connectivity index (χ2v) is 8.79. The van der Waals surface area contributed by atoms with Gasteiger partial charge in [0.15, 0.2) is 0 Å². The molecular weight excluding hydrogens is 409 g/mol. The molecule has 162 valence electrons. The van der Waals surface area contributed by atoms with Gasteiger partial charge in [-0.3, -0.25) is 0 Å². The Balaban J connectivity index is 1.77. The second kappa shape index (κ2) is 8.41. The summed E-state index contributed by atoms with van der Waals surface area (Å²) in [5, 5.41) is 20.1. The van der Waals surface area contributed by atoms with E-state index in [9.17, 15) is 10.5 Å². The molecule has 2 heterocycles. The Kier molecular flexibility index (Phi) is 5.42. The average Bonchev–Trinajstić information content (AvgIpc) is 2.96. The van der Waals surface area contributed by atoms with Crippen LogP contribution in [0.5, 0.6) is 0 Å². The first kappa shape index (κ1) is 21.3. The van der Waals surface area contributed by atoms with Gasteiger partial charge in [0.1, 0.15) is 0 Å². The van der Waals surface area contributed by atoms with Crippen LogP contribution >= 0.6 is 0 Å². The monoisotopic (exact) mass is 433 g/mol. The molecule has 5 rings (SSSR count). The van der Waals surface area contributed by atoms with Crippen LogP contribution < -0.4 is 5.46 Å². The molecule has 0 saturated carbocycles. The number of nitriles is 2. The average molecular weight is 433 g/mol. The predicted octanol–water partition coefficient (Wildman–Crippen LogP) is 4.65. The van der Waals surface area contributed by atoms with E-state index in [0.717, 1.165) is 39.7 Å². The van der Waals surface area contributed by atoms with Crippen molar-refractivity contribution in [3.05, 3.63) is 77.0 Å². The molecule has 0 radical (unpaired) electrons. The highest BCUT2D eigenvalue weighted by molar-refractivity contribution is 6.63. The summed E-state index contributed by atoms with van der Waals surface area (Å²) in [4.78, 5) is 0. The van der Waals surface area contributed by atoms with Crippen molar-refractivity contribution in [2.24, 2.45) is 5.92 Å². The van der Waals surface area contributed by atoms with Crippen molar-refractivity contribution in [2.75, 3.05) is 0 Å². The molecule has 6 heteroatoms. The number of allylic oxidation sites excluding steroid dienone is 3. The van der Waals surface area contributed by atoms with Crippen molar-refractivity contribution in [3.8, 4) is 17.8 Å². The number of hydrogen-bond donors (Lipinski definition) is 0. The third kappa shape index (κ3) is 3.58. The topological polar surface area (TPSA) is 71.0 Å². The minimum atomic E-state index is -0.571. The molecule has 3 aromatic rings. The van der Waals surface area contributed by atoms with Gasteiger partial charge in [-0.15, -0.1) is 0 Å². The molecule has 0 amide bonds. The van der Waals surface area contributed by atoms with E-state index in [4.69, 9.17) is 9.31 Å². The zero-order valence-electron chi connectivity index (χ0n) is 18.9. The lowest BCUT2D eigenvalue weighted by Gasteiger charge is -2.37. The summed E-state index contributed by atoms with van der Waals surface area (Å²) in [7, 11) is -0.571. The van der Waals surface area contributed by atoms with Gasteiger partial charge in [-0.1, -0.05) is 31.2 Å². The van der Waals surface area contributed by atoms with E-state index < -0.39 is 7.12 Å². The third-order valence-electron chi connectivity index (χ3n) is 6.87. The molecule has 33 heavy (non-hydrogen) atoms. The molecule has 2 atom stereocenters. The first-order valence-corrected chi connectivity index (χ1v) is 11.3. The third-order valence-corrected chi connectivity index (χ3v) is 6.87. The molecule has 0 bridgehead atoms. The lowest BCUT2D eigenvalue weighted by Crippen LogP contribution is -2.52. The van der Waals surface area contributed by atoms with Crippen molar-refractivity contribution in [2.45, 2.75) is 39.4 Å². The number of hydrogen-bond acceptors (Lipinski definition) is 4. The van der Waals surface area contributed by atoms with E-state index >= 15 is 0 Å². The maximum atomic E-state index is 9.60. The lowest BCUT2D eigenvalue weighted by molar-refractivity contribution is -0.00963. The normalized spacial score (nSPS) is 22.0. The first-order valence-electron chi connectivity index (χ1n) is 11.3. The molecule has 5 nitrogen and oxygen atoms in total. The largest absolute Gasteiger partial charge is 0.496 e. The standard InChI is InChI=1S/C27H24BN3O2/c1-17-18(2)32-28(33-19(17)3)24-14-21(16-30)10-12-27(24)31-25-8-6-4-5-7-22(25)23-13-20(15-29)9-11-26(23)31/h4-7,9-14,17-19H,8H2,1-3H3. The second-order valence-electron chi connectivity index (χ2n) is 8.79. The Morgan fingerprint density at radius 2 is 1.64 bits per heavy atom. The summed E-state index contributed by atoms with van der Waals surface area (Å²) >= 11 is 0. The molecule has 0 spiro atoms. The van der Waals surface area contributed by atoms with Gasteiger partial charge in [0, 0.05) is 52.3 Å². The zero-order valence-corrected chi connectivity index (χ0v) is 18.9. The highest BCUT2D eigenvalue weighted by Gasteiger charge is 2.38. The van der Waals surface area contributed by atoms with Crippen LogP contribution in [0.15, 0.2) is 54.6 Å². The van der Waals surface area contributed by atoms with Crippen LogP contribution in [0.2, 0.25) is 0 Å². The van der Waals surface area contributed by atoms with Crippen LogP contribution in [0.1, 0.15) is 43.2 Å². The Morgan fingerprint density at radius 3 is 2.36 bits per heavy atom. The summed E-state index contributed by atoms with van der Waals surface area (Å²) in [6.45, 7) is 6.27. The SMILES string of the molecule is CC1OB(c2cc(C#N)ccc2-n2c3c(c4cc(C#N)ccc42)C=CC=CC3)OC(C)C1C. The molecule has 1 fully saturated rings. The van der Waals surface area contributed by atoms with Crippen LogP contribution in [-0.2, 0) is 15.7 Å². The van der Waals surface area contributed by atoms with Gasteiger partial charge >= 0.3 is 7.12 Å². The summed E-state index contributed by atoms with van der Waals surface area (Å²) in [6, 6.07) is 16.0. The molecule has 2 aromatic carbocycles. The van der Waals surface area contributed by atoms with Gasteiger partial charge in [0.05, 0.1) is 28.8 Å². The maximum absolute atomic E-state index is 9.60. The van der Waals surface area contributed by atoms with Crippen molar-refractivity contribution in [1.29, 1.82) is 10.5 Å². The number of benzene rings is 2. The molecule has 2 unspecified atom stereocenters. The van der Waals surface area contributed by atoms with Gasteiger partial charge in [0.25, 0.3) is 0 Å². The van der Waals surface area contributed by atoms with Gasteiger partial charge in [-0.05, 0) is 50.2 Å². The summed E-state index contributed by atoms with van der Waals surface area (Å²) in [5.74, 6) is 0.271. The van der Waals surface area contributed by atoms with Crippen LogP contribution in [0.25, 0.3) is 22.7 Å². The van der Waals surface area contributed by atoms with Crippen LogP contribution in [-0.4, -0.2) is 23.9 Å². The maximum Gasteiger partial charge on any atom is 0.496 e. The summed E-state index contributed by atoms with van der Waals surface area (Å²) in [6.07, 6.45) is 9.11. The Bertz CT molecular complexity index is 1380. The predicted molar refractivity (Wildman–Crippen MR) is 130 cm³/mol. The Morgan fingerprint density at radius 1 is 0.939 bits per heavy atom. The lowest BCUT2D eigenvalue weighted by atomic mass is 9.73. The molecule has 0 N–H and O–H groups in total. The number of aromatic nitrogens is 1. The van der Waals surface area contributed by atoms with Gasteiger partial charge < -0.3 is 13.9 Å². The van der Waals surface area contributed by atoms with E-state index in [1.807, 2.05) is 48.6 Å². The van der Waals surface area contributed by atoms with Crippen molar-refractivity contribution in [3.63, 3.8) is 0 Å². The minimum Gasteiger partial charge on any atom is -0.404 e. The van der Waals surface area contributed by atoms with Crippen LogP contribution in [0.4, 0.5) is 0 Å². The first-order chi connectivity index (χ1) is 16.0. The fraction of sp³-hybridized carbons (Fsp3) is 0.259. The summed E-state index contributed by atoms with van der Waals surface area (Å²) in [5.41, 5.74) is 6.19. The van der Waals surface area contributed by atoms with E-state index in [2.05, 4.69) is 49.6 Å². The van der Waals surface area contributed by atoms with E-state index in [-0.39, 0.29) is 18.1 Å². The molecule has 2 aliphatic rings. The van der Waals surface area contributed by atoms with Crippen molar-refractivity contribution >= 4 is 29.6 Å². The number of nitrogens with zero attached hydrogens (tertiary/aromatic N) is 3. The van der Waals surface area contributed by atoms with Crippen molar-refractivity contribution in [1.82, 2.24) is 4.57 Å². The highest BCUT2D eigenvalue weighted by Crippen LogP contribution is 2.33. The Hall–Kier alpha value is -3.58. The van der Waals surface area contributed by atoms with Gasteiger partial charge in [-0.2, -0.15) is 10.5 Å². The highest BCUT2D eigenvalue weighted by atomic mass is 16.6. The van der Waals surface area contributed by atoms with Crippen molar-refractivity contribution < 1.29 is 9.31 Å². The van der Waals surface area contributed by atoms with Gasteiger partial charge in [-0.25, -0.2) is 0 Å². The minimum absolute atomic E-state index is 0.0277. The molecule has 1 aromatic heterocycles. The Labute approximate surface area is 194 Å². The summed E-state index contributed by atoms with van der Waals surface area (Å²) < 4.78 is 14.8. The van der Waals surface area contributed by atoms with E-state index in [0.29, 0.717) is 11.1 Å². The quantitative estimate of drug-likeness (QED) is 0.552. The fourth-order valence-corrected chi connectivity index (χ4v) is 4.72. The smallest absolute Gasteiger partial charge is 0.404 e. The van der Waals surface area contributed by atoms with E-state index in [1.54, 1.807) is 0 Å². The van der Waals surface area contributed by atoms with Gasteiger partial charge in [0.2, 0.25) is 0 Å². The molecule has 1 aliphatic heterocycles. The number of fused-ring (bicyclic) bond motifs is 3. The number of rotatable bonds is 2. The molecule has 1 aliphatic carbocycles. The molecule has 1 saturated heterocycles. The van der Waals surface area contributed by atoms with E-state index in [1.165, 1.54) is 0 Å². The van der Waals surface area contributed by atoms with Crippen LogP contribution in [0.3, 0.4) is 0 Å².